The van der Waals surface area contributed by atoms with Crippen LogP contribution in [0.3, 0.4) is 0 Å². The third-order valence-corrected chi connectivity index (χ3v) is 2.96. The van der Waals surface area contributed by atoms with Gasteiger partial charge >= 0.3 is 0 Å². The van der Waals surface area contributed by atoms with E-state index in [0.29, 0.717) is 5.92 Å². The standard InChI is InChI=1S/C12H26N2O/c1-6-10(4)11(13)12(15)14(5)8-7-9(2)3/h9-11H,6-8,13H2,1-5H3. The Kier molecular flexibility index (Phi) is 6.57. The van der Waals surface area contributed by atoms with E-state index >= 15 is 0 Å². The highest BCUT2D eigenvalue weighted by atomic mass is 16.2. The summed E-state index contributed by atoms with van der Waals surface area (Å²) in [4.78, 5) is 13.6. The smallest absolute Gasteiger partial charge is 0.239 e. The average molecular weight is 214 g/mol. The Morgan fingerprint density at radius 2 is 1.87 bits per heavy atom. The summed E-state index contributed by atoms with van der Waals surface area (Å²) < 4.78 is 0. The van der Waals surface area contributed by atoms with Crippen molar-refractivity contribution in [2.75, 3.05) is 13.6 Å². The lowest BCUT2D eigenvalue weighted by atomic mass is 9.99. The topological polar surface area (TPSA) is 46.3 Å². The van der Waals surface area contributed by atoms with Crippen molar-refractivity contribution in [2.24, 2.45) is 17.6 Å². The summed E-state index contributed by atoms with van der Waals surface area (Å²) in [6, 6.07) is -0.341. The van der Waals surface area contributed by atoms with Crippen molar-refractivity contribution >= 4 is 5.91 Å². The fourth-order valence-electron chi connectivity index (χ4n) is 1.31. The Bertz CT molecular complexity index is 192. The normalized spacial score (nSPS) is 15.1. The van der Waals surface area contributed by atoms with Crippen LogP contribution in [0.4, 0.5) is 0 Å². The van der Waals surface area contributed by atoms with Gasteiger partial charge in [-0.3, -0.25) is 4.79 Å². The maximum Gasteiger partial charge on any atom is 0.239 e. The van der Waals surface area contributed by atoms with E-state index in [1.807, 2.05) is 14.0 Å². The van der Waals surface area contributed by atoms with Gasteiger partial charge in [-0.25, -0.2) is 0 Å². The van der Waals surface area contributed by atoms with Gasteiger partial charge in [0.25, 0.3) is 0 Å². The Hall–Kier alpha value is -0.570. The minimum absolute atomic E-state index is 0.0741. The summed E-state index contributed by atoms with van der Waals surface area (Å²) in [6.45, 7) is 9.21. The molecule has 90 valence electrons. The van der Waals surface area contributed by atoms with Crippen LogP contribution in [-0.4, -0.2) is 30.4 Å². The summed E-state index contributed by atoms with van der Waals surface area (Å²) in [5, 5.41) is 0. The molecule has 3 heteroatoms. The molecule has 2 N–H and O–H groups in total. The molecule has 3 nitrogen and oxygen atoms in total. The molecule has 0 aromatic heterocycles. The van der Waals surface area contributed by atoms with Crippen LogP contribution in [0.1, 0.15) is 40.5 Å². The molecule has 0 aromatic carbocycles. The van der Waals surface area contributed by atoms with Crippen molar-refractivity contribution in [3.8, 4) is 0 Å². The van der Waals surface area contributed by atoms with Crippen molar-refractivity contribution in [1.29, 1.82) is 0 Å². The van der Waals surface area contributed by atoms with Gasteiger partial charge in [-0.15, -0.1) is 0 Å². The van der Waals surface area contributed by atoms with E-state index in [9.17, 15) is 4.79 Å². The molecule has 0 aliphatic rings. The molecule has 0 bridgehead atoms. The van der Waals surface area contributed by atoms with E-state index in [1.165, 1.54) is 0 Å². The predicted molar refractivity (Wildman–Crippen MR) is 64.5 cm³/mol. The van der Waals surface area contributed by atoms with Crippen molar-refractivity contribution in [3.05, 3.63) is 0 Å². The number of hydrogen-bond donors (Lipinski definition) is 1. The van der Waals surface area contributed by atoms with E-state index in [0.717, 1.165) is 19.4 Å². The second kappa shape index (κ2) is 6.83. The summed E-state index contributed by atoms with van der Waals surface area (Å²) in [7, 11) is 1.84. The molecule has 0 saturated carbocycles. The molecule has 0 fully saturated rings. The van der Waals surface area contributed by atoms with Crippen LogP contribution in [0.5, 0.6) is 0 Å². The maximum absolute atomic E-state index is 11.9. The van der Waals surface area contributed by atoms with Crippen LogP contribution < -0.4 is 5.73 Å². The lowest BCUT2D eigenvalue weighted by Gasteiger charge is -2.25. The number of carbonyl (C=O) groups is 1. The molecule has 0 aliphatic heterocycles. The van der Waals surface area contributed by atoms with Crippen molar-refractivity contribution in [3.63, 3.8) is 0 Å². The van der Waals surface area contributed by atoms with Crippen molar-refractivity contribution in [1.82, 2.24) is 4.90 Å². The molecule has 2 atom stereocenters. The van der Waals surface area contributed by atoms with E-state index < -0.39 is 0 Å². The lowest BCUT2D eigenvalue weighted by molar-refractivity contribution is -0.132. The Balaban J connectivity index is 4.07. The van der Waals surface area contributed by atoms with Gasteiger partial charge in [0.15, 0.2) is 0 Å². The first-order valence-corrected chi connectivity index (χ1v) is 5.90. The van der Waals surface area contributed by atoms with Gasteiger partial charge < -0.3 is 10.6 Å². The van der Waals surface area contributed by atoms with Gasteiger partial charge in [-0.2, -0.15) is 0 Å². The first kappa shape index (κ1) is 14.4. The van der Waals surface area contributed by atoms with Crippen molar-refractivity contribution < 1.29 is 4.79 Å². The summed E-state index contributed by atoms with van der Waals surface area (Å²) >= 11 is 0. The molecule has 0 radical (unpaired) electrons. The molecule has 0 rings (SSSR count). The number of amides is 1. The lowest BCUT2D eigenvalue weighted by Crippen LogP contribution is -2.45. The highest BCUT2D eigenvalue weighted by Gasteiger charge is 2.22. The predicted octanol–water partition coefficient (Wildman–Crippen LogP) is 1.86. The van der Waals surface area contributed by atoms with Crippen LogP contribution >= 0.6 is 0 Å². The Morgan fingerprint density at radius 1 is 1.33 bits per heavy atom. The summed E-state index contributed by atoms with van der Waals surface area (Å²) in [6.07, 6.45) is 1.99. The largest absolute Gasteiger partial charge is 0.344 e. The first-order valence-electron chi connectivity index (χ1n) is 5.90. The maximum atomic E-state index is 11.9. The second-order valence-electron chi connectivity index (χ2n) is 4.85. The third kappa shape index (κ3) is 5.17. The number of hydrogen-bond acceptors (Lipinski definition) is 2. The minimum atomic E-state index is -0.341. The molecular weight excluding hydrogens is 188 g/mol. The fraction of sp³-hybridized carbons (Fsp3) is 0.917. The molecule has 15 heavy (non-hydrogen) atoms. The fourth-order valence-corrected chi connectivity index (χ4v) is 1.31. The molecular formula is C12H26N2O. The minimum Gasteiger partial charge on any atom is -0.344 e. The number of nitrogens with two attached hydrogens (primary N) is 1. The average Bonchev–Trinajstić information content (AvgIpc) is 2.22. The SMILES string of the molecule is CCC(C)C(N)C(=O)N(C)CCC(C)C. The van der Waals surface area contributed by atoms with Crippen LogP contribution in [0.25, 0.3) is 0 Å². The van der Waals surface area contributed by atoms with Gasteiger partial charge in [0.2, 0.25) is 5.91 Å². The second-order valence-corrected chi connectivity index (χ2v) is 4.85. The zero-order valence-corrected chi connectivity index (χ0v) is 10.8. The van der Waals surface area contributed by atoms with Gasteiger partial charge in [0.05, 0.1) is 6.04 Å². The monoisotopic (exact) mass is 214 g/mol. The van der Waals surface area contributed by atoms with Crippen LogP contribution in [0, 0.1) is 11.8 Å². The molecule has 1 amide bonds. The zero-order valence-electron chi connectivity index (χ0n) is 10.8. The summed E-state index contributed by atoms with van der Waals surface area (Å²) in [5.41, 5.74) is 5.89. The highest BCUT2D eigenvalue weighted by Crippen LogP contribution is 2.09. The number of rotatable bonds is 6. The van der Waals surface area contributed by atoms with E-state index in [-0.39, 0.29) is 17.9 Å². The van der Waals surface area contributed by atoms with Crippen molar-refractivity contribution in [2.45, 2.75) is 46.6 Å². The Morgan fingerprint density at radius 3 is 2.27 bits per heavy atom. The van der Waals surface area contributed by atoms with Gasteiger partial charge in [0, 0.05) is 13.6 Å². The Labute approximate surface area is 94.0 Å². The quantitative estimate of drug-likeness (QED) is 0.733. The number of likely N-dealkylation sites (N-methyl/N-ethyl adjacent to an activating group) is 1. The molecule has 0 aromatic rings. The first-order chi connectivity index (χ1) is 6.90. The van der Waals surface area contributed by atoms with E-state index in [2.05, 4.69) is 20.8 Å². The molecule has 0 heterocycles. The van der Waals surface area contributed by atoms with Gasteiger partial charge in [-0.05, 0) is 18.3 Å². The number of nitrogens with zero attached hydrogens (tertiary/aromatic N) is 1. The molecule has 0 aliphatic carbocycles. The number of carbonyl (C=O) groups excluding carboxylic acids is 1. The van der Waals surface area contributed by atoms with E-state index in [1.54, 1.807) is 4.90 Å². The van der Waals surface area contributed by atoms with Crippen LogP contribution in [-0.2, 0) is 4.79 Å². The molecule has 0 spiro atoms. The third-order valence-electron chi connectivity index (χ3n) is 2.96. The zero-order chi connectivity index (χ0) is 12.0. The van der Waals surface area contributed by atoms with Gasteiger partial charge in [0.1, 0.15) is 0 Å². The summed E-state index contributed by atoms with van der Waals surface area (Å²) in [5.74, 6) is 0.962. The highest BCUT2D eigenvalue weighted by molar-refractivity contribution is 5.81. The molecule has 2 unspecified atom stereocenters. The molecule has 0 saturated heterocycles. The van der Waals surface area contributed by atoms with E-state index in [4.69, 9.17) is 5.73 Å². The van der Waals surface area contributed by atoms with Crippen LogP contribution in [0.2, 0.25) is 0 Å². The van der Waals surface area contributed by atoms with Crippen LogP contribution in [0.15, 0.2) is 0 Å². The van der Waals surface area contributed by atoms with Gasteiger partial charge in [-0.1, -0.05) is 34.1 Å².